The van der Waals surface area contributed by atoms with E-state index in [1.807, 2.05) is 42.9 Å². The Morgan fingerprint density at radius 1 is 0.970 bits per heavy atom. The van der Waals surface area contributed by atoms with Crippen LogP contribution in [0.1, 0.15) is 32.3 Å². The fraction of sp³-hybridized carbons (Fsp3) is 0.417. The molecule has 9 heteroatoms. The SMILES string of the molecule is CCOc1cc(CN2CCC(Nc3cc(Cl)nc(Cl)n3)CC2)cc(OCC)c1-n1cccc1. The minimum absolute atomic E-state index is 0.154. The van der Waals surface area contributed by atoms with Crippen molar-refractivity contribution >= 4 is 29.0 Å². The Hall–Kier alpha value is -2.48. The number of nitrogens with one attached hydrogen (secondary N) is 1. The molecule has 1 aliphatic heterocycles. The third-order valence-corrected chi connectivity index (χ3v) is 5.94. The van der Waals surface area contributed by atoms with Gasteiger partial charge in [-0.3, -0.25) is 4.90 Å². The molecule has 2 aromatic heterocycles. The van der Waals surface area contributed by atoms with Gasteiger partial charge in [0.05, 0.1) is 13.2 Å². The first-order chi connectivity index (χ1) is 16.1. The standard InChI is InChI=1S/C24H29Cl2N5O2/c1-3-32-19-13-17(14-20(33-4-2)23(19)31-9-5-6-10-31)16-30-11-7-18(8-12-30)27-22-15-21(25)28-24(26)29-22/h5-6,9-10,13-15,18H,3-4,7-8,11-12,16H2,1-2H3,(H,27,28,29). The summed E-state index contributed by atoms with van der Waals surface area (Å²) in [7, 11) is 0. The molecule has 4 rings (SSSR count). The largest absolute Gasteiger partial charge is 0.492 e. The van der Waals surface area contributed by atoms with Crippen LogP contribution < -0.4 is 14.8 Å². The Balaban J connectivity index is 1.44. The lowest BCUT2D eigenvalue weighted by molar-refractivity contribution is 0.210. The highest BCUT2D eigenvalue weighted by atomic mass is 35.5. The summed E-state index contributed by atoms with van der Waals surface area (Å²) in [5.41, 5.74) is 2.12. The quantitative estimate of drug-likeness (QED) is 0.318. The molecule has 3 heterocycles. The van der Waals surface area contributed by atoms with Gasteiger partial charge in [0, 0.05) is 44.1 Å². The second-order valence-corrected chi connectivity index (χ2v) is 8.66. The number of benzene rings is 1. The normalized spacial score (nSPS) is 14.9. The zero-order valence-corrected chi connectivity index (χ0v) is 20.4. The molecule has 0 atom stereocenters. The molecule has 0 amide bonds. The van der Waals surface area contributed by atoms with Crippen LogP contribution in [0.25, 0.3) is 5.69 Å². The highest BCUT2D eigenvalue weighted by Crippen LogP contribution is 2.35. The lowest BCUT2D eigenvalue weighted by atomic mass is 10.0. The van der Waals surface area contributed by atoms with Gasteiger partial charge in [-0.1, -0.05) is 11.6 Å². The molecule has 1 aromatic carbocycles. The number of nitrogens with zero attached hydrogens (tertiary/aromatic N) is 4. The Labute approximate surface area is 204 Å². The second kappa shape index (κ2) is 11.1. The summed E-state index contributed by atoms with van der Waals surface area (Å²) in [5.74, 6) is 2.34. The lowest BCUT2D eigenvalue weighted by Gasteiger charge is -2.33. The summed E-state index contributed by atoms with van der Waals surface area (Å²) in [6.07, 6.45) is 6.01. The van der Waals surface area contributed by atoms with Gasteiger partial charge in [0.25, 0.3) is 0 Å². The van der Waals surface area contributed by atoms with E-state index >= 15 is 0 Å². The molecule has 176 valence electrons. The minimum Gasteiger partial charge on any atom is -0.492 e. The van der Waals surface area contributed by atoms with Crippen LogP contribution in [0, 0.1) is 0 Å². The summed E-state index contributed by atoms with van der Waals surface area (Å²) < 4.78 is 14.1. The molecular weight excluding hydrogens is 461 g/mol. The van der Waals surface area contributed by atoms with Gasteiger partial charge in [-0.2, -0.15) is 0 Å². The van der Waals surface area contributed by atoms with E-state index in [-0.39, 0.29) is 5.28 Å². The van der Waals surface area contributed by atoms with Crippen molar-refractivity contribution in [3.8, 4) is 17.2 Å². The van der Waals surface area contributed by atoms with Crippen molar-refractivity contribution in [2.45, 2.75) is 39.3 Å². The molecule has 0 bridgehead atoms. The van der Waals surface area contributed by atoms with Crippen molar-refractivity contribution < 1.29 is 9.47 Å². The zero-order valence-electron chi connectivity index (χ0n) is 18.9. The first kappa shape index (κ1) is 23.7. The molecule has 0 spiro atoms. The molecule has 7 nitrogen and oxygen atoms in total. The second-order valence-electron chi connectivity index (χ2n) is 7.94. The zero-order chi connectivity index (χ0) is 23.2. The Morgan fingerprint density at radius 2 is 1.61 bits per heavy atom. The van der Waals surface area contributed by atoms with Crippen LogP contribution in [0.15, 0.2) is 42.7 Å². The van der Waals surface area contributed by atoms with Crippen LogP contribution >= 0.6 is 23.2 Å². The molecule has 0 unspecified atom stereocenters. The molecule has 1 aliphatic rings. The Bertz CT molecular complexity index is 1010. The summed E-state index contributed by atoms with van der Waals surface area (Å²) in [4.78, 5) is 10.6. The molecular formula is C24H29Cl2N5O2. The van der Waals surface area contributed by atoms with Crippen LogP contribution in [-0.2, 0) is 6.54 Å². The fourth-order valence-corrected chi connectivity index (χ4v) is 4.57. The number of piperidine rings is 1. The van der Waals surface area contributed by atoms with E-state index in [1.165, 1.54) is 5.56 Å². The summed E-state index contributed by atoms with van der Waals surface area (Å²) in [6.45, 7) is 7.97. The van der Waals surface area contributed by atoms with Crippen LogP contribution in [-0.4, -0.2) is 51.8 Å². The highest BCUT2D eigenvalue weighted by Gasteiger charge is 2.22. The van der Waals surface area contributed by atoms with E-state index in [4.69, 9.17) is 32.7 Å². The molecule has 0 aliphatic carbocycles. The van der Waals surface area contributed by atoms with Crippen molar-refractivity contribution in [3.05, 3.63) is 58.7 Å². The number of halogens is 2. The summed E-state index contributed by atoms with van der Waals surface area (Å²) in [5, 5.41) is 3.93. The van der Waals surface area contributed by atoms with Crippen LogP contribution in [0.2, 0.25) is 10.4 Å². The van der Waals surface area contributed by atoms with Gasteiger partial charge in [0.2, 0.25) is 5.28 Å². The average Bonchev–Trinajstić information content (AvgIpc) is 3.29. The van der Waals surface area contributed by atoms with Crippen LogP contribution in [0.3, 0.4) is 0 Å². The van der Waals surface area contributed by atoms with Gasteiger partial charge in [-0.25, -0.2) is 9.97 Å². The van der Waals surface area contributed by atoms with E-state index in [9.17, 15) is 0 Å². The first-order valence-corrected chi connectivity index (χ1v) is 12.1. The van der Waals surface area contributed by atoms with Gasteiger partial charge < -0.3 is 19.4 Å². The van der Waals surface area contributed by atoms with Gasteiger partial charge in [0.15, 0.2) is 0 Å². The summed E-state index contributed by atoms with van der Waals surface area (Å²) in [6, 6.07) is 10.3. The predicted molar refractivity (Wildman–Crippen MR) is 132 cm³/mol. The van der Waals surface area contributed by atoms with Crippen LogP contribution in [0.4, 0.5) is 5.82 Å². The van der Waals surface area contributed by atoms with Crippen molar-refractivity contribution in [2.75, 3.05) is 31.6 Å². The fourth-order valence-electron chi connectivity index (χ4n) is 4.16. The molecule has 1 saturated heterocycles. The molecule has 3 aromatic rings. The lowest BCUT2D eigenvalue weighted by Crippen LogP contribution is -2.38. The number of hydrogen-bond acceptors (Lipinski definition) is 6. The molecule has 33 heavy (non-hydrogen) atoms. The maximum atomic E-state index is 6.02. The van der Waals surface area contributed by atoms with E-state index in [0.717, 1.165) is 49.7 Å². The van der Waals surface area contributed by atoms with Crippen molar-refractivity contribution in [1.82, 2.24) is 19.4 Å². The average molecular weight is 490 g/mol. The van der Waals surface area contributed by atoms with E-state index in [1.54, 1.807) is 6.07 Å². The van der Waals surface area contributed by atoms with Gasteiger partial charge >= 0.3 is 0 Å². The summed E-state index contributed by atoms with van der Waals surface area (Å²) >= 11 is 11.9. The molecule has 1 N–H and O–H groups in total. The number of ether oxygens (including phenoxy) is 2. The smallest absolute Gasteiger partial charge is 0.225 e. The van der Waals surface area contributed by atoms with Gasteiger partial charge in [-0.15, -0.1) is 0 Å². The Morgan fingerprint density at radius 3 is 2.18 bits per heavy atom. The number of hydrogen-bond donors (Lipinski definition) is 1. The third-order valence-electron chi connectivity index (χ3n) is 5.58. The third kappa shape index (κ3) is 6.10. The van der Waals surface area contributed by atoms with Crippen molar-refractivity contribution in [1.29, 1.82) is 0 Å². The van der Waals surface area contributed by atoms with Gasteiger partial charge in [0.1, 0.15) is 28.2 Å². The topological polar surface area (TPSA) is 64.4 Å². The van der Waals surface area contributed by atoms with Crippen LogP contribution in [0.5, 0.6) is 11.5 Å². The van der Waals surface area contributed by atoms with E-state index < -0.39 is 0 Å². The molecule has 1 fully saturated rings. The number of anilines is 1. The molecule has 0 radical (unpaired) electrons. The number of rotatable bonds is 9. The minimum atomic E-state index is 0.154. The maximum absolute atomic E-state index is 6.02. The van der Waals surface area contributed by atoms with E-state index in [0.29, 0.717) is 30.2 Å². The predicted octanol–water partition coefficient (Wildman–Crippen LogP) is 5.45. The number of aromatic nitrogens is 3. The molecule has 0 saturated carbocycles. The van der Waals surface area contributed by atoms with E-state index in [2.05, 4.69) is 32.3 Å². The number of likely N-dealkylation sites (tertiary alicyclic amines) is 1. The van der Waals surface area contributed by atoms with Crippen molar-refractivity contribution in [2.24, 2.45) is 0 Å². The van der Waals surface area contributed by atoms with Crippen molar-refractivity contribution in [3.63, 3.8) is 0 Å². The first-order valence-electron chi connectivity index (χ1n) is 11.3. The highest BCUT2D eigenvalue weighted by molar-refractivity contribution is 6.32. The maximum Gasteiger partial charge on any atom is 0.225 e. The Kier molecular flexibility index (Phi) is 7.96. The van der Waals surface area contributed by atoms with Gasteiger partial charge in [-0.05, 0) is 68.1 Å². The monoisotopic (exact) mass is 489 g/mol.